The third-order valence-electron chi connectivity index (χ3n) is 6.13. The van der Waals surface area contributed by atoms with E-state index in [9.17, 15) is 18.0 Å². The lowest BCUT2D eigenvalue weighted by Gasteiger charge is -2.41. The summed E-state index contributed by atoms with van der Waals surface area (Å²) in [7, 11) is 1.76. The highest BCUT2D eigenvalue weighted by Gasteiger charge is 2.37. The topological polar surface area (TPSA) is 79.2 Å². The van der Waals surface area contributed by atoms with Gasteiger partial charge in [-0.25, -0.2) is 15.0 Å². The second-order valence-corrected chi connectivity index (χ2v) is 8.07. The molecule has 3 heterocycles. The van der Waals surface area contributed by atoms with Crippen LogP contribution in [0.5, 0.6) is 0 Å². The summed E-state index contributed by atoms with van der Waals surface area (Å²) in [6, 6.07) is 1.06. The summed E-state index contributed by atoms with van der Waals surface area (Å²) in [5, 5.41) is 3.36. The summed E-state index contributed by atoms with van der Waals surface area (Å²) in [6.07, 6.45) is 2.68. The zero-order valence-electron chi connectivity index (χ0n) is 17.3. The van der Waals surface area contributed by atoms with Crippen LogP contribution < -0.4 is 10.2 Å². The average molecular weight is 437 g/mol. The molecule has 1 aliphatic carbocycles. The standard InChI is InChI=1S/C20H26F3N7O/c1-28-13-25-11-18(28)30(19(31)16-10-17(20(21,22)23)27-12-26-16)15-4-2-14(3-5-15)29-8-6-24-7-9-29/h10-15,24H,2-9H2,1H3. The lowest BCUT2D eigenvalue weighted by Crippen LogP contribution is -2.51. The van der Waals surface area contributed by atoms with Crippen molar-refractivity contribution in [1.82, 2.24) is 29.7 Å². The molecular weight excluding hydrogens is 411 g/mol. The molecule has 1 amide bonds. The first-order valence-electron chi connectivity index (χ1n) is 10.5. The van der Waals surface area contributed by atoms with E-state index in [4.69, 9.17) is 0 Å². The lowest BCUT2D eigenvalue weighted by atomic mass is 9.88. The number of hydrogen-bond acceptors (Lipinski definition) is 6. The Morgan fingerprint density at radius 3 is 2.48 bits per heavy atom. The Morgan fingerprint density at radius 2 is 1.87 bits per heavy atom. The van der Waals surface area contributed by atoms with Crippen molar-refractivity contribution in [3.05, 3.63) is 36.3 Å². The molecule has 2 aliphatic rings. The zero-order chi connectivity index (χ0) is 22.0. The van der Waals surface area contributed by atoms with E-state index in [0.29, 0.717) is 11.9 Å². The van der Waals surface area contributed by atoms with Gasteiger partial charge in [0.15, 0.2) is 0 Å². The maximum Gasteiger partial charge on any atom is 0.433 e. The van der Waals surface area contributed by atoms with E-state index in [1.807, 2.05) is 0 Å². The number of rotatable bonds is 4. The van der Waals surface area contributed by atoms with Gasteiger partial charge in [0.1, 0.15) is 23.5 Å². The van der Waals surface area contributed by atoms with Crippen molar-refractivity contribution in [2.45, 2.75) is 43.9 Å². The minimum atomic E-state index is -4.64. The van der Waals surface area contributed by atoms with Crippen molar-refractivity contribution < 1.29 is 18.0 Å². The fourth-order valence-electron chi connectivity index (χ4n) is 4.52. The molecule has 2 aromatic rings. The molecule has 0 aromatic carbocycles. The molecule has 0 unspecified atom stereocenters. The van der Waals surface area contributed by atoms with Crippen LogP contribution in [0.25, 0.3) is 0 Å². The van der Waals surface area contributed by atoms with Crippen molar-refractivity contribution in [3.63, 3.8) is 0 Å². The Bertz CT molecular complexity index is 902. The number of alkyl halides is 3. The van der Waals surface area contributed by atoms with Crippen LogP contribution >= 0.6 is 0 Å². The molecule has 2 aromatic heterocycles. The summed E-state index contributed by atoms with van der Waals surface area (Å²) < 4.78 is 41.0. The number of halogens is 3. The van der Waals surface area contributed by atoms with E-state index < -0.39 is 17.8 Å². The Kier molecular flexibility index (Phi) is 6.24. The first kappa shape index (κ1) is 21.7. The molecule has 11 heteroatoms. The van der Waals surface area contributed by atoms with Crippen LogP contribution in [0.15, 0.2) is 24.9 Å². The van der Waals surface area contributed by atoms with Crippen LogP contribution in [0.2, 0.25) is 0 Å². The highest BCUT2D eigenvalue weighted by molar-refractivity contribution is 6.04. The van der Waals surface area contributed by atoms with Crippen molar-refractivity contribution in [2.75, 3.05) is 31.1 Å². The van der Waals surface area contributed by atoms with Crippen molar-refractivity contribution in [2.24, 2.45) is 7.05 Å². The number of nitrogens with one attached hydrogen (secondary N) is 1. The van der Waals surface area contributed by atoms with E-state index in [1.165, 1.54) is 0 Å². The van der Waals surface area contributed by atoms with Gasteiger partial charge < -0.3 is 9.88 Å². The number of aromatic nitrogens is 4. The summed E-state index contributed by atoms with van der Waals surface area (Å²) in [5.41, 5.74) is -1.40. The number of nitrogens with zero attached hydrogens (tertiary/aromatic N) is 6. The summed E-state index contributed by atoms with van der Waals surface area (Å²) >= 11 is 0. The number of imidazole rings is 1. The Hall–Kier alpha value is -2.53. The number of anilines is 1. The van der Waals surface area contributed by atoms with Gasteiger partial charge in [0.2, 0.25) is 0 Å². The Balaban J connectivity index is 1.56. The Morgan fingerprint density at radius 1 is 1.16 bits per heavy atom. The molecule has 0 spiro atoms. The molecule has 1 N–H and O–H groups in total. The van der Waals surface area contributed by atoms with E-state index in [1.54, 1.807) is 29.0 Å². The number of piperazine rings is 1. The van der Waals surface area contributed by atoms with Crippen LogP contribution in [-0.4, -0.2) is 68.6 Å². The second-order valence-electron chi connectivity index (χ2n) is 8.07. The van der Waals surface area contributed by atoms with Crippen molar-refractivity contribution >= 4 is 11.7 Å². The van der Waals surface area contributed by atoms with Crippen molar-refractivity contribution in [3.8, 4) is 0 Å². The summed E-state index contributed by atoms with van der Waals surface area (Å²) in [5.74, 6) is -0.0232. The third-order valence-corrected chi connectivity index (χ3v) is 6.13. The highest BCUT2D eigenvalue weighted by atomic mass is 19.4. The molecule has 168 valence electrons. The fourth-order valence-corrected chi connectivity index (χ4v) is 4.52. The van der Waals surface area contributed by atoms with Crippen LogP contribution in [0.1, 0.15) is 41.9 Å². The maximum absolute atomic E-state index is 13.4. The molecular formula is C20H26F3N7O. The molecule has 0 radical (unpaired) electrons. The molecule has 4 rings (SSSR count). The predicted octanol–water partition coefficient (Wildman–Crippen LogP) is 2.09. The molecule has 2 fully saturated rings. The van der Waals surface area contributed by atoms with Gasteiger partial charge in [-0.2, -0.15) is 13.2 Å². The number of hydrogen-bond donors (Lipinski definition) is 1. The SMILES string of the molecule is Cn1cncc1N(C(=O)c1cc(C(F)(F)F)ncn1)C1CCC(N2CCNCC2)CC1. The average Bonchev–Trinajstić information content (AvgIpc) is 3.20. The van der Waals surface area contributed by atoms with Crippen LogP contribution in [0.4, 0.5) is 19.0 Å². The number of amides is 1. The first-order valence-corrected chi connectivity index (χ1v) is 10.5. The molecule has 1 saturated carbocycles. The van der Waals surface area contributed by atoms with Crippen LogP contribution in [-0.2, 0) is 13.2 Å². The summed E-state index contributed by atoms with van der Waals surface area (Å²) in [6.45, 7) is 3.99. The van der Waals surface area contributed by atoms with E-state index >= 15 is 0 Å². The number of carbonyl (C=O) groups is 1. The molecule has 31 heavy (non-hydrogen) atoms. The van der Waals surface area contributed by atoms with E-state index in [-0.39, 0.29) is 11.7 Å². The normalized spacial score (nSPS) is 23.0. The zero-order valence-corrected chi connectivity index (χ0v) is 17.3. The van der Waals surface area contributed by atoms with Crippen LogP contribution in [0.3, 0.4) is 0 Å². The van der Waals surface area contributed by atoms with Gasteiger partial charge in [-0.3, -0.25) is 14.6 Å². The van der Waals surface area contributed by atoms with Gasteiger partial charge in [0, 0.05) is 51.4 Å². The summed E-state index contributed by atoms with van der Waals surface area (Å²) in [4.78, 5) is 28.6. The van der Waals surface area contributed by atoms with Crippen LogP contribution in [0, 0.1) is 0 Å². The predicted molar refractivity (Wildman–Crippen MR) is 108 cm³/mol. The highest BCUT2D eigenvalue weighted by Crippen LogP contribution is 2.32. The molecule has 0 bridgehead atoms. The van der Waals surface area contributed by atoms with Gasteiger partial charge in [-0.15, -0.1) is 0 Å². The van der Waals surface area contributed by atoms with Gasteiger partial charge in [-0.1, -0.05) is 0 Å². The second kappa shape index (κ2) is 8.91. The Labute approximate surface area is 178 Å². The quantitative estimate of drug-likeness (QED) is 0.789. The first-order chi connectivity index (χ1) is 14.8. The maximum atomic E-state index is 13.4. The van der Waals surface area contributed by atoms with Gasteiger partial charge in [0.05, 0.1) is 12.5 Å². The van der Waals surface area contributed by atoms with Gasteiger partial charge in [-0.05, 0) is 25.7 Å². The smallest absolute Gasteiger partial charge is 0.320 e. The van der Waals surface area contributed by atoms with Gasteiger partial charge >= 0.3 is 6.18 Å². The van der Waals surface area contributed by atoms with E-state index in [0.717, 1.165) is 64.3 Å². The minimum Gasteiger partial charge on any atom is -0.320 e. The third kappa shape index (κ3) is 4.72. The lowest BCUT2D eigenvalue weighted by molar-refractivity contribution is -0.141. The van der Waals surface area contributed by atoms with Gasteiger partial charge in [0.25, 0.3) is 5.91 Å². The molecule has 0 atom stereocenters. The number of carbonyl (C=O) groups excluding carboxylic acids is 1. The molecule has 1 saturated heterocycles. The number of aryl methyl sites for hydroxylation is 1. The molecule has 1 aliphatic heterocycles. The van der Waals surface area contributed by atoms with E-state index in [2.05, 4.69) is 25.2 Å². The minimum absolute atomic E-state index is 0.133. The molecule has 8 nitrogen and oxygen atoms in total. The monoisotopic (exact) mass is 437 g/mol. The largest absolute Gasteiger partial charge is 0.433 e. The van der Waals surface area contributed by atoms with Crippen molar-refractivity contribution in [1.29, 1.82) is 0 Å². The fraction of sp³-hybridized carbons (Fsp3) is 0.600.